The van der Waals surface area contributed by atoms with Crippen LogP contribution in [0.5, 0.6) is 0 Å². The number of thioether (sulfide) groups is 1. The Balaban J connectivity index is 1.34. The Bertz CT molecular complexity index is 1320. The van der Waals surface area contributed by atoms with Crippen molar-refractivity contribution in [2.45, 2.75) is 18.1 Å². The Morgan fingerprint density at radius 1 is 1.06 bits per heavy atom. The lowest BCUT2D eigenvalue weighted by atomic mass is 10.2. The minimum absolute atomic E-state index is 0.0213. The maximum Gasteiger partial charge on any atom is 0.287 e. The third kappa shape index (κ3) is 4.64. The number of carbonyl (C=O) groups excluding carboxylic acids is 2. The molecule has 0 bridgehead atoms. The summed E-state index contributed by atoms with van der Waals surface area (Å²) in [5.41, 5.74) is 2.99. The second-order valence-corrected chi connectivity index (χ2v) is 9.44. The van der Waals surface area contributed by atoms with Crippen LogP contribution in [0.25, 0.3) is 5.69 Å². The van der Waals surface area contributed by atoms with Gasteiger partial charge in [0.1, 0.15) is 0 Å². The number of para-hydroxylation sites is 1. The van der Waals surface area contributed by atoms with Crippen LogP contribution < -0.4 is 10.2 Å². The van der Waals surface area contributed by atoms with Crippen molar-refractivity contribution < 1.29 is 14.0 Å². The van der Waals surface area contributed by atoms with E-state index in [0.29, 0.717) is 17.5 Å². The minimum atomic E-state index is -0.340. The van der Waals surface area contributed by atoms with Gasteiger partial charge in [0, 0.05) is 22.4 Å². The molecule has 0 saturated carbocycles. The van der Waals surface area contributed by atoms with E-state index in [1.54, 1.807) is 12.1 Å². The average molecular weight is 538 g/mol. The molecule has 2 aromatic carbocycles. The summed E-state index contributed by atoms with van der Waals surface area (Å²) in [5, 5.41) is 12.0. The maximum absolute atomic E-state index is 13.0. The Labute approximate surface area is 208 Å². The number of rotatable bonds is 7. The number of furan rings is 1. The van der Waals surface area contributed by atoms with Crippen molar-refractivity contribution in [3.63, 3.8) is 0 Å². The molecule has 172 valence electrons. The first-order valence-corrected chi connectivity index (χ1v) is 12.4. The van der Waals surface area contributed by atoms with Gasteiger partial charge in [-0.05, 0) is 54.4 Å². The second-order valence-electron chi connectivity index (χ2n) is 7.58. The maximum atomic E-state index is 13.0. The van der Waals surface area contributed by atoms with Gasteiger partial charge < -0.3 is 14.6 Å². The SMILES string of the molecule is O=C(NCc1nnc(SCC(=O)N2CCc3ccccc32)n1-c1ccc(Br)cc1)c1ccco1. The van der Waals surface area contributed by atoms with Crippen LogP contribution in [0.4, 0.5) is 5.69 Å². The lowest BCUT2D eigenvalue weighted by Gasteiger charge is -2.17. The lowest BCUT2D eigenvalue weighted by Crippen LogP contribution is -2.30. The molecule has 2 aromatic heterocycles. The van der Waals surface area contributed by atoms with Gasteiger partial charge in [-0.3, -0.25) is 14.2 Å². The Kier molecular flexibility index (Phi) is 6.50. The fourth-order valence-electron chi connectivity index (χ4n) is 3.81. The van der Waals surface area contributed by atoms with Gasteiger partial charge in [-0.1, -0.05) is 45.9 Å². The number of halogens is 1. The highest BCUT2D eigenvalue weighted by Crippen LogP contribution is 2.29. The number of aromatic nitrogens is 3. The summed E-state index contributed by atoms with van der Waals surface area (Å²) in [7, 11) is 0. The molecule has 0 aliphatic carbocycles. The summed E-state index contributed by atoms with van der Waals surface area (Å²) in [6, 6.07) is 18.9. The van der Waals surface area contributed by atoms with Crippen molar-refractivity contribution in [1.29, 1.82) is 0 Å². The molecule has 1 aliphatic rings. The first kappa shape index (κ1) is 22.4. The van der Waals surface area contributed by atoms with Crippen molar-refractivity contribution in [1.82, 2.24) is 20.1 Å². The first-order valence-electron chi connectivity index (χ1n) is 10.6. The van der Waals surface area contributed by atoms with Crippen molar-refractivity contribution >= 4 is 45.2 Å². The number of anilines is 1. The van der Waals surface area contributed by atoms with Gasteiger partial charge in [-0.25, -0.2) is 0 Å². The van der Waals surface area contributed by atoms with Crippen molar-refractivity contribution in [3.05, 3.63) is 88.5 Å². The van der Waals surface area contributed by atoms with Crippen molar-refractivity contribution in [3.8, 4) is 5.69 Å². The Morgan fingerprint density at radius 3 is 2.68 bits per heavy atom. The molecule has 0 atom stereocenters. The third-order valence-corrected chi connectivity index (χ3v) is 6.89. The molecular weight excluding hydrogens is 518 g/mol. The zero-order valence-corrected chi connectivity index (χ0v) is 20.4. The van der Waals surface area contributed by atoms with Gasteiger partial charge in [0.15, 0.2) is 16.7 Å². The summed E-state index contributed by atoms with van der Waals surface area (Å²) < 4.78 is 7.94. The molecule has 8 nitrogen and oxygen atoms in total. The number of benzene rings is 2. The number of amides is 2. The van der Waals surface area contributed by atoms with E-state index in [-0.39, 0.29) is 29.9 Å². The third-order valence-electron chi connectivity index (χ3n) is 5.45. The summed E-state index contributed by atoms with van der Waals surface area (Å²) in [6.07, 6.45) is 2.31. The molecule has 3 heterocycles. The molecular formula is C24H20BrN5O3S. The predicted octanol–water partition coefficient (Wildman–Crippen LogP) is 4.23. The van der Waals surface area contributed by atoms with Crippen LogP contribution in [-0.4, -0.2) is 38.9 Å². The first-order chi connectivity index (χ1) is 16.6. The number of nitrogens with zero attached hydrogens (tertiary/aromatic N) is 4. The van der Waals surface area contributed by atoms with E-state index in [1.165, 1.54) is 23.6 Å². The van der Waals surface area contributed by atoms with Crippen LogP contribution in [0.1, 0.15) is 21.9 Å². The smallest absolute Gasteiger partial charge is 0.287 e. The summed E-state index contributed by atoms with van der Waals surface area (Å²) in [5.74, 6) is 0.673. The number of hydrogen-bond donors (Lipinski definition) is 1. The molecule has 34 heavy (non-hydrogen) atoms. The van der Waals surface area contributed by atoms with E-state index in [9.17, 15) is 9.59 Å². The van der Waals surface area contributed by atoms with Crippen LogP contribution in [0.15, 0.2) is 81.0 Å². The molecule has 10 heteroatoms. The van der Waals surface area contributed by atoms with Crippen LogP contribution >= 0.6 is 27.7 Å². The quantitative estimate of drug-likeness (QED) is 0.354. The number of nitrogens with one attached hydrogen (secondary N) is 1. The van der Waals surface area contributed by atoms with E-state index in [2.05, 4.69) is 37.5 Å². The molecule has 4 aromatic rings. The molecule has 0 unspecified atom stereocenters. The highest BCUT2D eigenvalue weighted by molar-refractivity contribution is 9.10. The van der Waals surface area contributed by atoms with Gasteiger partial charge in [0.05, 0.1) is 18.6 Å². The second kappa shape index (κ2) is 9.86. The van der Waals surface area contributed by atoms with Crippen LogP contribution in [0.3, 0.4) is 0 Å². The van der Waals surface area contributed by atoms with E-state index in [4.69, 9.17) is 4.42 Å². The van der Waals surface area contributed by atoms with E-state index >= 15 is 0 Å². The van der Waals surface area contributed by atoms with Crippen molar-refractivity contribution in [2.24, 2.45) is 0 Å². The zero-order valence-electron chi connectivity index (χ0n) is 18.0. The minimum Gasteiger partial charge on any atom is -0.459 e. The van der Waals surface area contributed by atoms with Gasteiger partial charge in [-0.2, -0.15) is 0 Å². The standard InChI is InChI=1S/C24H20BrN5O3S/c25-17-7-9-18(10-8-17)30-21(14-26-23(32)20-6-3-13-33-20)27-28-24(30)34-15-22(31)29-12-11-16-4-1-2-5-19(16)29/h1-10,13H,11-12,14-15H2,(H,26,32). The number of carbonyl (C=O) groups is 2. The molecule has 0 saturated heterocycles. The summed E-state index contributed by atoms with van der Waals surface area (Å²) in [6.45, 7) is 0.832. The fraction of sp³-hybridized carbons (Fsp3) is 0.167. The molecule has 5 rings (SSSR count). The van der Waals surface area contributed by atoms with Gasteiger partial charge >= 0.3 is 0 Å². The van der Waals surface area contributed by atoms with Crippen LogP contribution in [0, 0.1) is 0 Å². The van der Waals surface area contributed by atoms with Gasteiger partial charge in [0.2, 0.25) is 5.91 Å². The largest absolute Gasteiger partial charge is 0.459 e. The topological polar surface area (TPSA) is 93.3 Å². The molecule has 1 aliphatic heterocycles. The molecule has 0 spiro atoms. The summed E-state index contributed by atoms with van der Waals surface area (Å²) in [4.78, 5) is 27.1. The summed E-state index contributed by atoms with van der Waals surface area (Å²) >= 11 is 4.78. The highest BCUT2D eigenvalue weighted by Gasteiger charge is 2.25. The fourth-order valence-corrected chi connectivity index (χ4v) is 4.92. The zero-order chi connectivity index (χ0) is 23.5. The van der Waals surface area contributed by atoms with E-state index < -0.39 is 0 Å². The van der Waals surface area contributed by atoms with Crippen molar-refractivity contribution in [2.75, 3.05) is 17.2 Å². The molecule has 0 fully saturated rings. The molecule has 1 N–H and O–H groups in total. The van der Waals surface area contributed by atoms with E-state index in [0.717, 1.165) is 22.3 Å². The lowest BCUT2D eigenvalue weighted by molar-refractivity contribution is -0.116. The Morgan fingerprint density at radius 2 is 1.88 bits per heavy atom. The van der Waals surface area contributed by atoms with Gasteiger partial charge in [0.25, 0.3) is 5.91 Å². The highest BCUT2D eigenvalue weighted by atomic mass is 79.9. The Hall–Kier alpha value is -3.37. The molecule has 0 radical (unpaired) electrons. The normalized spacial score (nSPS) is 12.6. The van der Waals surface area contributed by atoms with Gasteiger partial charge in [-0.15, -0.1) is 10.2 Å². The predicted molar refractivity (Wildman–Crippen MR) is 132 cm³/mol. The average Bonchev–Trinajstić information content (AvgIpc) is 3.61. The molecule has 2 amide bonds. The number of fused-ring (bicyclic) bond motifs is 1. The number of hydrogen-bond acceptors (Lipinski definition) is 6. The van der Waals surface area contributed by atoms with E-state index in [1.807, 2.05) is 51.9 Å². The van der Waals surface area contributed by atoms with Crippen LogP contribution in [0.2, 0.25) is 0 Å². The monoisotopic (exact) mass is 537 g/mol. The van der Waals surface area contributed by atoms with Crippen LogP contribution in [-0.2, 0) is 17.8 Å².